The molecule has 0 spiro atoms. The standard InChI is InChI=1S/C8H11N3O/c1-7(6-9)2-4-11-5-3-10-8(11)12/h1-5H2,(H,10,12). The molecule has 1 fully saturated rings. The van der Waals surface area contributed by atoms with Gasteiger partial charge in [0.25, 0.3) is 0 Å². The van der Waals surface area contributed by atoms with Crippen LogP contribution in [0.1, 0.15) is 6.42 Å². The molecule has 2 amide bonds. The Labute approximate surface area is 71.5 Å². The average molecular weight is 165 g/mol. The Kier molecular flexibility index (Phi) is 2.70. The van der Waals surface area contributed by atoms with Gasteiger partial charge < -0.3 is 10.2 Å². The summed E-state index contributed by atoms with van der Waals surface area (Å²) in [4.78, 5) is 12.7. The Morgan fingerprint density at radius 3 is 3.08 bits per heavy atom. The minimum atomic E-state index is -0.0410. The molecule has 0 bridgehead atoms. The SMILES string of the molecule is C=C(C#N)CCN1CCNC1=O. The van der Waals surface area contributed by atoms with Gasteiger partial charge in [-0.1, -0.05) is 6.58 Å². The predicted octanol–water partition coefficient (Wildman–Crippen LogP) is 0.481. The van der Waals surface area contributed by atoms with Gasteiger partial charge in [-0.2, -0.15) is 5.26 Å². The van der Waals surface area contributed by atoms with Crippen LogP contribution in [0.25, 0.3) is 0 Å². The number of nitriles is 1. The highest BCUT2D eigenvalue weighted by atomic mass is 16.2. The molecule has 0 aromatic rings. The van der Waals surface area contributed by atoms with E-state index in [1.54, 1.807) is 4.90 Å². The van der Waals surface area contributed by atoms with Gasteiger partial charge in [-0.05, 0) is 6.42 Å². The topological polar surface area (TPSA) is 56.1 Å². The summed E-state index contributed by atoms with van der Waals surface area (Å²) < 4.78 is 0. The Balaban J connectivity index is 2.28. The summed E-state index contributed by atoms with van der Waals surface area (Å²) >= 11 is 0. The Morgan fingerprint density at radius 2 is 2.58 bits per heavy atom. The Morgan fingerprint density at radius 1 is 1.83 bits per heavy atom. The van der Waals surface area contributed by atoms with Crippen LogP contribution in [-0.2, 0) is 0 Å². The maximum Gasteiger partial charge on any atom is 0.317 e. The second-order valence-electron chi connectivity index (χ2n) is 2.68. The first-order valence-corrected chi connectivity index (χ1v) is 3.84. The third-order valence-corrected chi connectivity index (χ3v) is 1.79. The number of rotatable bonds is 3. The minimum absolute atomic E-state index is 0.0410. The lowest BCUT2D eigenvalue weighted by molar-refractivity contribution is 0.218. The lowest BCUT2D eigenvalue weighted by Crippen LogP contribution is -2.29. The van der Waals surface area contributed by atoms with Crippen molar-refractivity contribution in [1.29, 1.82) is 5.26 Å². The summed E-state index contributed by atoms with van der Waals surface area (Å²) in [7, 11) is 0. The summed E-state index contributed by atoms with van der Waals surface area (Å²) in [5, 5.41) is 11.1. The maximum absolute atomic E-state index is 11.0. The summed E-state index contributed by atoms with van der Waals surface area (Å²) in [6, 6.07) is 1.91. The Hall–Kier alpha value is -1.50. The van der Waals surface area contributed by atoms with Crippen LogP contribution in [0.5, 0.6) is 0 Å². The fourth-order valence-corrected chi connectivity index (χ4v) is 1.05. The fourth-order valence-electron chi connectivity index (χ4n) is 1.05. The van der Waals surface area contributed by atoms with E-state index in [4.69, 9.17) is 5.26 Å². The van der Waals surface area contributed by atoms with Crippen molar-refractivity contribution >= 4 is 6.03 Å². The van der Waals surface area contributed by atoms with Crippen molar-refractivity contribution in [2.45, 2.75) is 6.42 Å². The highest BCUT2D eigenvalue weighted by molar-refractivity contribution is 5.76. The third-order valence-electron chi connectivity index (χ3n) is 1.79. The lowest BCUT2D eigenvalue weighted by Gasteiger charge is -2.12. The number of amides is 2. The molecule has 4 nitrogen and oxygen atoms in total. The van der Waals surface area contributed by atoms with Crippen LogP contribution < -0.4 is 5.32 Å². The first-order chi connectivity index (χ1) is 5.74. The van der Waals surface area contributed by atoms with Crippen LogP contribution >= 0.6 is 0 Å². The molecule has 0 radical (unpaired) electrons. The first-order valence-electron chi connectivity index (χ1n) is 3.84. The quantitative estimate of drug-likeness (QED) is 0.618. The van der Waals surface area contributed by atoms with E-state index in [9.17, 15) is 4.79 Å². The normalized spacial score (nSPS) is 15.6. The number of hydrogen-bond donors (Lipinski definition) is 1. The predicted molar refractivity (Wildman–Crippen MR) is 44.3 cm³/mol. The molecule has 0 aromatic heterocycles. The van der Waals surface area contributed by atoms with Crippen LogP contribution in [0, 0.1) is 11.3 Å². The lowest BCUT2D eigenvalue weighted by atomic mass is 10.2. The molecular weight excluding hydrogens is 154 g/mol. The zero-order chi connectivity index (χ0) is 8.97. The van der Waals surface area contributed by atoms with E-state index in [1.807, 2.05) is 6.07 Å². The van der Waals surface area contributed by atoms with Gasteiger partial charge in [0.2, 0.25) is 0 Å². The molecule has 12 heavy (non-hydrogen) atoms. The van der Waals surface area contributed by atoms with E-state index in [2.05, 4.69) is 11.9 Å². The molecule has 1 saturated heterocycles. The van der Waals surface area contributed by atoms with Crippen molar-refractivity contribution in [1.82, 2.24) is 10.2 Å². The fraction of sp³-hybridized carbons (Fsp3) is 0.500. The molecule has 1 heterocycles. The number of hydrogen-bond acceptors (Lipinski definition) is 2. The molecule has 0 saturated carbocycles. The molecule has 0 aliphatic carbocycles. The van der Waals surface area contributed by atoms with E-state index >= 15 is 0 Å². The molecule has 1 N–H and O–H groups in total. The van der Waals surface area contributed by atoms with Crippen LogP contribution in [0.3, 0.4) is 0 Å². The van der Waals surface area contributed by atoms with Gasteiger partial charge in [0.1, 0.15) is 0 Å². The van der Waals surface area contributed by atoms with Crippen molar-refractivity contribution in [2.75, 3.05) is 19.6 Å². The minimum Gasteiger partial charge on any atom is -0.336 e. The van der Waals surface area contributed by atoms with Crippen LogP contribution in [0.2, 0.25) is 0 Å². The zero-order valence-electron chi connectivity index (χ0n) is 6.84. The van der Waals surface area contributed by atoms with Crippen LogP contribution in [0.15, 0.2) is 12.2 Å². The molecule has 0 aromatic carbocycles. The summed E-state index contributed by atoms with van der Waals surface area (Å²) in [5.41, 5.74) is 0.523. The van der Waals surface area contributed by atoms with Crippen LogP contribution in [-0.4, -0.2) is 30.6 Å². The smallest absolute Gasteiger partial charge is 0.317 e. The van der Waals surface area contributed by atoms with Crippen LogP contribution in [0.4, 0.5) is 4.79 Å². The third kappa shape index (κ3) is 1.99. The van der Waals surface area contributed by atoms with Crippen molar-refractivity contribution in [3.63, 3.8) is 0 Å². The molecule has 1 aliphatic heterocycles. The highest BCUT2D eigenvalue weighted by Crippen LogP contribution is 2.02. The largest absolute Gasteiger partial charge is 0.336 e. The molecular formula is C8H11N3O. The summed E-state index contributed by atoms with van der Waals surface area (Å²) in [5.74, 6) is 0. The van der Waals surface area contributed by atoms with Gasteiger partial charge >= 0.3 is 6.03 Å². The molecule has 64 valence electrons. The molecule has 0 unspecified atom stereocenters. The summed E-state index contributed by atoms with van der Waals surface area (Å²) in [6.07, 6.45) is 0.573. The second-order valence-corrected chi connectivity index (χ2v) is 2.68. The average Bonchev–Trinajstić information content (AvgIpc) is 2.47. The number of carbonyl (C=O) groups is 1. The van der Waals surface area contributed by atoms with E-state index < -0.39 is 0 Å². The van der Waals surface area contributed by atoms with Gasteiger partial charge in [0.05, 0.1) is 6.07 Å². The number of nitrogens with zero attached hydrogens (tertiary/aromatic N) is 2. The summed E-state index contributed by atoms with van der Waals surface area (Å²) in [6.45, 7) is 5.58. The van der Waals surface area contributed by atoms with Crippen molar-refractivity contribution in [2.24, 2.45) is 0 Å². The van der Waals surface area contributed by atoms with Gasteiger partial charge in [-0.25, -0.2) is 4.79 Å². The maximum atomic E-state index is 11.0. The van der Waals surface area contributed by atoms with Crippen molar-refractivity contribution in [3.05, 3.63) is 12.2 Å². The van der Waals surface area contributed by atoms with E-state index in [1.165, 1.54) is 0 Å². The zero-order valence-corrected chi connectivity index (χ0v) is 6.84. The van der Waals surface area contributed by atoms with Gasteiger partial charge in [0.15, 0.2) is 0 Å². The molecule has 1 rings (SSSR count). The van der Waals surface area contributed by atoms with Gasteiger partial charge in [-0.15, -0.1) is 0 Å². The number of carbonyl (C=O) groups excluding carboxylic acids is 1. The second kappa shape index (κ2) is 3.77. The van der Waals surface area contributed by atoms with E-state index in [0.29, 0.717) is 25.1 Å². The highest BCUT2D eigenvalue weighted by Gasteiger charge is 2.18. The van der Waals surface area contributed by atoms with E-state index in [0.717, 1.165) is 6.54 Å². The monoisotopic (exact) mass is 165 g/mol. The van der Waals surface area contributed by atoms with Gasteiger partial charge in [-0.3, -0.25) is 0 Å². The number of nitrogens with one attached hydrogen (secondary N) is 1. The van der Waals surface area contributed by atoms with E-state index in [-0.39, 0.29) is 6.03 Å². The molecule has 1 aliphatic rings. The first kappa shape index (κ1) is 8.60. The molecule has 0 atom stereocenters. The van der Waals surface area contributed by atoms with Crippen molar-refractivity contribution in [3.8, 4) is 6.07 Å². The molecule has 4 heteroatoms. The van der Waals surface area contributed by atoms with Gasteiger partial charge in [0, 0.05) is 25.2 Å². The van der Waals surface area contributed by atoms with Crippen molar-refractivity contribution < 1.29 is 4.79 Å². The Bertz CT molecular complexity index is 241. The number of urea groups is 1.